The Morgan fingerprint density at radius 1 is 0.290 bits per heavy atom. The van der Waals surface area contributed by atoms with Crippen molar-refractivity contribution in [2.45, 2.75) is 290 Å². The maximum atomic E-state index is 13.1. The van der Waals surface area contributed by atoms with Gasteiger partial charge < -0.3 is 33.8 Å². The number of aliphatic hydroxyl groups excluding tert-OH is 1. The number of phosphoric acid groups is 2. The lowest BCUT2D eigenvalue weighted by Crippen LogP contribution is -2.30. The summed E-state index contributed by atoms with van der Waals surface area (Å²) in [7, 11) is -9.99. The number of allylic oxidation sites excluding steroid dienone is 26. The van der Waals surface area contributed by atoms with Gasteiger partial charge in [-0.2, -0.15) is 0 Å². The molecule has 0 fully saturated rings. The molecule has 17 nitrogen and oxygen atoms in total. The normalized spacial score (nSPS) is 14.8. The maximum Gasteiger partial charge on any atom is 0.472 e. The smallest absolute Gasteiger partial charge is 0.462 e. The van der Waals surface area contributed by atoms with Crippen LogP contribution in [-0.4, -0.2) is 96.7 Å². The lowest BCUT2D eigenvalue weighted by atomic mass is 10.1. The Morgan fingerprint density at radius 2 is 0.520 bits per heavy atom. The zero-order valence-corrected chi connectivity index (χ0v) is 63.6. The van der Waals surface area contributed by atoms with Gasteiger partial charge in [0.15, 0.2) is 12.2 Å². The summed E-state index contributed by atoms with van der Waals surface area (Å²) in [6.07, 6.45) is 82.5. The molecule has 0 saturated carbocycles. The number of carbonyl (C=O) groups excluding carboxylic acids is 4. The molecule has 568 valence electrons. The van der Waals surface area contributed by atoms with Crippen molar-refractivity contribution in [1.29, 1.82) is 0 Å². The van der Waals surface area contributed by atoms with E-state index in [2.05, 4.69) is 186 Å². The second kappa shape index (κ2) is 72.0. The van der Waals surface area contributed by atoms with E-state index >= 15 is 0 Å². The lowest BCUT2D eigenvalue weighted by Gasteiger charge is -2.21. The molecule has 0 aliphatic carbocycles. The first kappa shape index (κ1) is 94.7. The van der Waals surface area contributed by atoms with Gasteiger partial charge >= 0.3 is 39.5 Å². The van der Waals surface area contributed by atoms with E-state index in [1.54, 1.807) is 0 Å². The van der Waals surface area contributed by atoms with E-state index in [-0.39, 0.29) is 25.7 Å². The van der Waals surface area contributed by atoms with Crippen molar-refractivity contribution in [1.82, 2.24) is 0 Å². The van der Waals surface area contributed by atoms with Crippen molar-refractivity contribution in [3.8, 4) is 0 Å². The Bertz CT molecular complexity index is 2520. The molecule has 5 unspecified atom stereocenters. The van der Waals surface area contributed by atoms with Crippen LogP contribution in [0.2, 0.25) is 0 Å². The quantitative estimate of drug-likeness (QED) is 0.0169. The van der Waals surface area contributed by atoms with E-state index < -0.39 is 97.5 Å². The van der Waals surface area contributed by atoms with Gasteiger partial charge in [-0.05, 0) is 161 Å². The molecule has 100 heavy (non-hydrogen) atoms. The van der Waals surface area contributed by atoms with Crippen LogP contribution in [0.3, 0.4) is 0 Å². The van der Waals surface area contributed by atoms with Gasteiger partial charge in [0.05, 0.1) is 26.4 Å². The average Bonchev–Trinajstić information content (AvgIpc) is 0.937. The first-order chi connectivity index (χ1) is 48.7. The molecule has 0 saturated heterocycles. The number of unbranched alkanes of at least 4 members (excludes halogenated alkanes) is 17. The fourth-order valence-corrected chi connectivity index (χ4v) is 10.9. The SMILES string of the molecule is CC/C=C\C/C=C\C/C=C\C/C=C\CCCCC(=O)OCC(COP(=O)(O)OCC(O)COP(=O)(O)OCC(COC(=O)CCCCCCCCC/C=C\C/C=C\C/C=C\CC)OC(=O)CCCC/C=C\C/C=C\C/C=C\C/C=C\CC)OC(=O)CCCCCCC/C=C\C/C=C\CCC. The highest BCUT2D eigenvalue weighted by atomic mass is 31.2. The van der Waals surface area contributed by atoms with E-state index in [1.165, 1.54) is 0 Å². The first-order valence-electron chi connectivity index (χ1n) is 37.7. The largest absolute Gasteiger partial charge is 0.472 e. The highest BCUT2D eigenvalue weighted by molar-refractivity contribution is 7.47. The Kier molecular flexibility index (Phi) is 68.2. The summed E-state index contributed by atoms with van der Waals surface area (Å²) >= 11 is 0. The predicted octanol–water partition coefficient (Wildman–Crippen LogP) is 21.7. The average molecular weight is 1440 g/mol. The van der Waals surface area contributed by atoms with Crippen molar-refractivity contribution in [2.24, 2.45) is 0 Å². The molecule has 0 aliphatic rings. The number of hydrogen-bond donors (Lipinski definition) is 3. The molecule has 0 spiro atoms. The Morgan fingerprint density at radius 3 is 0.820 bits per heavy atom. The molecule has 0 heterocycles. The maximum absolute atomic E-state index is 13.1. The molecule has 0 amide bonds. The minimum absolute atomic E-state index is 0.0341. The van der Waals surface area contributed by atoms with Crippen LogP contribution >= 0.6 is 15.6 Å². The van der Waals surface area contributed by atoms with Gasteiger partial charge in [-0.1, -0.05) is 243 Å². The summed E-state index contributed by atoms with van der Waals surface area (Å²) < 4.78 is 68.4. The molecular weight excluding hydrogens is 1310 g/mol. The van der Waals surface area contributed by atoms with E-state index in [0.717, 1.165) is 186 Å². The number of carbonyl (C=O) groups is 4. The van der Waals surface area contributed by atoms with Gasteiger partial charge in [-0.15, -0.1) is 0 Å². The fourth-order valence-electron chi connectivity index (χ4n) is 9.31. The minimum Gasteiger partial charge on any atom is -0.462 e. The number of aliphatic hydroxyl groups is 1. The summed E-state index contributed by atoms with van der Waals surface area (Å²) in [5.41, 5.74) is 0. The molecule has 0 aromatic rings. The molecule has 0 bridgehead atoms. The number of rotatable bonds is 69. The number of hydrogen-bond acceptors (Lipinski definition) is 15. The van der Waals surface area contributed by atoms with Gasteiger partial charge in [0, 0.05) is 25.7 Å². The van der Waals surface area contributed by atoms with E-state index in [4.69, 9.17) is 37.0 Å². The summed E-state index contributed by atoms with van der Waals surface area (Å²) in [5.74, 6) is -2.31. The molecule has 0 aliphatic heterocycles. The van der Waals surface area contributed by atoms with E-state index in [0.29, 0.717) is 32.1 Å². The van der Waals surface area contributed by atoms with Crippen LogP contribution in [0, 0.1) is 0 Å². The second-order valence-electron chi connectivity index (χ2n) is 24.4. The molecule has 0 aromatic heterocycles. The Hall–Kier alpha value is -5.32. The summed E-state index contributed by atoms with van der Waals surface area (Å²) in [6.45, 7) is 4.32. The van der Waals surface area contributed by atoms with Gasteiger partial charge in [0.2, 0.25) is 0 Å². The van der Waals surface area contributed by atoms with Crippen LogP contribution in [0.15, 0.2) is 158 Å². The third-order valence-electron chi connectivity index (χ3n) is 14.9. The zero-order valence-electron chi connectivity index (χ0n) is 61.8. The van der Waals surface area contributed by atoms with Crippen LogP contribution in [-0.2, 0) is 65.4 Å². The first-order valence-corrected chi connectivity index (χ1v) is 40.7. The number of esters is 4. The van der Waals surface area contributed by atoms with Crippen molar-refractivity contribution < 1.29 is 80.2 Å². The van der Waals surface area contributed by atoms with Crippen LogP contribution in [0.5, 0.6) is 0 Å². The molecule has 5 atom stereocenters. The highest BCUT2D eigenvalue weighted by Gasteiger charge is 2.30. The van der Waals surface area contributed by atoms with Crippen LogP contribution in [0.1, 0.15) is 272 Å². The lowest BCUT2D eigenvalue weighted by molar-refractivity contribution is -0.161. The van der Waals surface area contributed by atoms with Crippen LogP contribution in [0.25, 0.3) is 0 Å². The van der Waals surface area contributed by atoms with Gasteiger partial charge in [0.25, 0.3) is 0 Å². The van der Waals surface area contributed by atoms with Crippen molar-refractivity contribution in [3.63, 3.8) is 0 Å². The predicted molar refractivity (Wildman–Crippen MR) is 408 cm³/mol. The van der Waals surface area contributed by atoms with Crippen molar-refractivity contribution in [3.05, 3.63) is 158 Å². The van der Waals surface area contributed by atoms with Crippen molar-refractivity contribution in [2.75, 3.05) is 39.6 Å². The van der Waals surface area contributed by atoms with Gasteiger partial charge in [0.1, 0.15) is 19.3 Å². The fraction of sp³-hybridized carbons (Fsp3) is 0.630. The Labute approximate surface area is 604 Å². The highest BCUT2D eigenvalue weighted by Crippen LogP contribution is 2.45. The molecule has 19 heteroatoms. The topological polar surface area (TPSA) is 237 Å². The Balaban J connectivity index is 5.44. The summed E-state index contributed by atoms with van der Waals surface area (Å²) in [6, 6.07) is 0. The third-order valence-corrected chi connectivity index (χ3v) is 16.9. The van der Waals surface area contributed by atoms with Gasteiger partial charge in [-0.3, -0.25) is 37.3 Å². The minimum atomic E-state index is -5.00. The second-order valence-corrected chi connectivity index (χ2v) is 27.3. The standard InChI is InChI=1S/C81H132O17P2/c1-5-9-13-17-21-25-29-33-36-37-40-43-46-50-54-58-62-66-79(84)92-72-77(98-81(86)68-64-60-56-52-48-44-39-35-31-27-23-19-15-11-7-3)74-96-100(89,90)94-70-75(82)69-93-99(87,88)95-73-76(97-80(85)67-63-59-55-51-47-41-32-28-24-20-16-12-8-4)71-91-78(83)65-61-57-53-49-45-42-38-34-30-26-22-18-14-10-6-2/h9-11,13-16,20-23,25-28,32-36,38-39,45,48-49,52,75-77,82H,5-8,12,17-19,24,29-31,37,40-44,46-47,50-51,53-74H2,1-4H3,(H,87,88)(H,89,90)/b13-9-,14-10-,15-11-,20-16-,25-21-,26-22-,27-23-,32-28-,36-33-,38-34-,39-35-,49-45-,52-48-. The number of phosphoric ester groups is 2. The van der Waals surface area contributed by atoms with Crippen molar-refractivity contribution >= 4 is 39.5 Å². The molecule has 0 aromatic carbocycles. The van der Waals surface area contributed by atoms with E-state index in [9.17, 15) is 43.2 Å². The van der Waals surface area contributed by atoms with Crippen LogP contribution in [0.4, 0.5) is 0 Å². The monoisotopic (exact) mass is 1440 g/mol. The zero-order chi connectivity index (χ0) is 73.2. The summed E-state index contributed by atoms with van der Waals surface area (Å²) in [5, 5.41) is 10.6. The van der Waals surface area contributed by atoms with E-state index in [1.807, 2.05) is 0 Å². The molecule has 3 N–H and O–H groups in total. The number of ether oxygens (including phenoxy) is 4. The van der Waals surface area contributed by atoms with Crippen LogP contribution < -0.4 is 0 Å². The van der Waals surface area contributed by atoms with Gasteiger partial charge in [-0.25, -0.2) is 9.13 Å². The molecular formula is C81H132O17P2. The molecule has 0 rings (SSSR count). The third kappa shape index (κ3) is 71.1. The molecule has 0 radical (unpaired) electrons. The summed E-state index contributed by atoms with van der Waals surface area (Å²) in [4.78, 5) is 72.8.